The highest BCUT2D eigenvalue weighted by Gasteiger charge is 2.38. The molecule has 1 aliphatic carbocycles. The fourth-order valence-corrected chi connectivity index (χ4v) is 5.15. The van der Waals surface area contributed by atoms with E-state index in [1.807, 2.05) is 12.1 Å². The lowest BCUT2D eigenvalue weighted by Gasteiger charge is -2.32. The number of piperidine rings is 1. The quantitative estimate of drug-likeness (QED) is 0.809. The van der Waals surface area contributed by atoms with Gasteiger partial charge in [0.05, 0.1) is 7.11 Å². The molecular formula is C22H32N2O2. The zero-order chi connectivity index (χ0) is 17.9. The van der Waals surface area contributed by atoms with Crippen molar-refractivity contribution in [2.75, 3.05) is 33.3 Å². The van der Waals surface area contributed by atoms with Gasteiger partial charge in [0.1, 0.15) is 5.75 Å². The first-order valence-electron chi connectivity index (χ1n) is 10.3. The highest BCUT2D eigenvalue weighted by atomic mass is 16.5. The number of fused-ring (bicyclic) bond motifs is 1. The third-order valence-electron chi connectivity index (χ3n) is 6.81. The molecule has 1 aromatic rings. The van der Waals surface area contributed by atoms with Gasteiger partial charge in [0.25, 0.3) is 0 Å². The van der Waals surface area contributed by atoms with E-state index in [2.05, 4.69) is 21.9 Å². The van der Waals surface area contributed by atoms with E-state index in [-0.39, 0.29) is 0 Å². The fraction of sp³-hybridized carbons (Fsp3) is 0.682. The Morgan fingerprint density at radius 3 is 2.31 bits per heavy atom. The summed E-state index contributed by atoms with van der Waals surface area (Å²) >= 11 is 0. The molecule has 3 aliphatic rings. The van der Waals surface area contributed by atoms with Gasteiger partial charge in [-0.25, -0.2) is 0 Å². The summed E-state index contributed by atoms with van der Waals surface area (Å²) in [6.45, 7) is 5.30. The Labute approximate surface area is 157 Å². The average Bonchev–Trinajstić information content (AvgIpc) is 3.26. The molecule has 1 amide bonds. The van der Waals surface area contributed by atoms with Crippen molar-refractivity contribution in [1.29, 1.82) is 0 Å². The van der Waals surface area contributed by atoms with Crippen LogP contribution in [0.5, 0.6) is 5.75 Å². The summed E-state index contributed by atoms with van der Waals surface area (Å²) in [6.07, 6.45) is 7.15. The molecule has 2 atom stereocenters. The molecule has 2 aliphatic heterocycles. The first-order chi connectivity index (χ1) is 12.7. The summed E-state index contributed by atoms with van der Waals surface area (Å²) in [6, 6.07) is 8.37. The number of likely N-dealkylation sites (tertiary alicyclic amines) is 2. The molecule has 1 aromatic carbocycles. The number of carbonyl (C=O) groups excluding carboxylic acids is 1. The first kappa shape index (κ1) is 17.8. The van der Waals surface area contributed by atoms with E-state index in [0.29, 0.717) is 11.8 Å². The normalized spacial score (nSPS) is 26.9. The maximum Gasteiger partial charge on any atom is 0.222 e. The molecule has 2 unspecified atom stereocenters. The highest BCUT2D eigenvalue weighted by molar-refractivity contribution is 5.76. The molecule has 4 rings (SSSR count). The second-order valence-electron chi connectivity index (χ2n) is 8.52. The monoisotopic (exact) mass is 356 g/mol. The molecule has 0 N–H and O–H groups in total. The van der Waals surface area contributed by atoms with Crippen LogP contribution in [0.1, 0.15) is 44.1 Å². The smallest absolute Gasteiger partial charge is 0.222 e. The van der Waals surface area contributed by atoms with Crippen molar-refractivity contribution < 1.29 is 9.53 Å². The molecule has 0 aromatic heterocycles. The Bertz CT molecular complexity index is 595. The summed E-state index contributed by atoms with van der Waals surface area (Å²) < 4.78 is 5.23. The third kappa shape index (κ3) is 4.06. The highest BCUT2D eigenvalue weighted by Crippen LogP contribution is 2.38. The lowest BCUT2D eigenvalue weighted by Crippen LogP contribution is -2.36. The summed E-state index contributed by atoms with van der Waals surface area (Å²) in [5.41, 5.74) is 1.34. The van der Waals surface area contributed by atoms with Crippen LogP contribution in [0.2, 0.25) is 0 Å². The Morgan fingerprint density at radius 1 is 1.04 bits per heavy atom. The van der Waals surface area contributed by atoms with Gasteiger partial charge in [-0.15, -0.1) is 0 Å². The molecule has 4 heteroatoms. The number of carbonyl (C=O) groups is 1. The SMILES string of the molecule is COc1ccc(CN2CCC(CC(=O)N3CC4CCCC4C3)CC2)cc1. The number of rotatable bonds is 5. The minimum absolute atomic E-state index is 0.424. The molecule has 1 saturated carbocycles. The number of hydrogen-bond acceptors (Lipinski definition) is 3. The van der Waals surface area contributed by atoms with Crippen molar-refractivity contribution in [3.05, 3.63) is 29.8 Å². The van der Waals surface area contributed by atoms with E-state index in [4.69, 9.17) is 4.74 Å². The largest absolute Gasteiger partial charge is 0.497 e. The molecule has 0 radical (unpaired) electrons. The van der Waals surface area contributed by atoms with Crippen LogP contribution < -0.4 is 4.74 Å². The van der Waals surface area contributed by atoms with Gasteiger partial charge in [-0.05, 0) is 74.2 Å². The zero-order valence-electron chi connectivity index (χ0n) is 16.0. The van der Waals surface area contributed by atoms with Crippen LogP contribution in [-0.2, 0) is 11.3 Å². The zero-order valence-corrected chi connectivity index (χ0v) is 16.0. The summed E-state index contributed by atoms with van der Waals surface area (Å²) in [5.74, 6) is 3.54. The molecule has 0 bridgehead atoms. The Balaban J connectivity index is 1.20. The van der Waals surface area contributed by atoms with Gasteiger partial charge in [-0.2, -0.15) is 0 Å². The lowest BCUT2D eigenvalue weighted by molar-refractivity contribution is -0.131. The van der Waals surface area contributed by atoms with Crippen molar-refractivity contribution in [2.45, 2.75) is 45.1 Å². The number of nitrogens with zero attached hydrogens (tertiary/aromatic N) is 2. The van der Waals surface area contributed by atoms with Crippen LogP contribution in [0.25, 0.3) is 0 Å². The summed E-state index contributed by atoms with van der Waals surface area (Å²) in [7, 11) is 1.70. The average molecular weight is 357 g/mol. The van der Waals surface area contributed by atoms with Crippen molar-refractivity contribution in [1.82, 2.24) is 9.80 Å². The van der Waals surface area contributed by atoms with E-state index in [9.17, 15) is 4.79 Å². The number of methoxy groups -OCH3 is 1. The maximum atomic E-state index is 12.7. The van der Waals surface area contributed by atoms with Crippen LogP contribution in [-0.4, -0.2) is 49.0 Å². The molecule has 142 valence electrons. The van der Waals surface area contributed by atoms with E-state index in [1.54, 1.807) is 7.11 Å². The van der Waals surface area contributed by atoms with Crippen LogP contribution in [0, 0.1) is 17.8 Å². The summed E-state index contributed by atoms with van der Waals surface area (Å²) in [4.78, 5) is 17.4. The molecule has 2 heterocycles. The predicted molar refractivity (Wildman–Crippen MR) is 103 cm³/mol. The Morgan fingerprint density at radius 2 is 1.69 bits per heavy atom. The van der Waals surface area contributed by atoms with Gasteiger partial charge >= 0.3 is 0 Å². The van der Waals surface area contributed by atoms with Gasteiger partial charge in [0.15, 0.2) is 0 Å². The van der Waals surface area contributed by atoms with Crippen molar-refractivity contribution in [3.8, 4) is 5.75 Å². The van der Waals surface area contributed by atoms with Crippen LogP contribution in [0.15, 0.2) is 24.3 Å². The molecular weight excluding hydrogens is 324 g/mol. The van der Waals surface area contributed by atoms with Gasteiger partial charge in [-0.1, -0.05) is 18.6 Å². The van der Waals surface area contributed by atoms with Gasteiger partial charge in [0, 0.05) is 26.1 Å². The topological polar surface area (TPSA) is 32.8 Å². The number of amides is 1. The van der Waals surface area contributed by atoms with E-state index >= 15 is 0 Å². The number of benzene rings is 1. The molecule has 3 fully saturated rings. The molecule has 26 heavy (non-hydrogen) atoms. The minimum atomic E-state index is 0.424. The van der Waals surface area contributed by atoms with Crippen LogP contribution in [0.3, 0.4) is 0 Å². The van der Waals surface area contributed by atoms with Crippen LogP contribution in [0.4, 0.5) is 0 Å². The van der Waals surface area contributed by atoms with Gasteiger partial charge < -0.3 is 9.64 Å². The second-order valence-corrected chi connectivity index (χ2v) is 8.52. The molecule has 0 spiro atoms. The maximum absolute atomic E-state index is 12.7. The van der Waals surface area contributed by atoms with E-state index < -0.39 is 0 Å². The number of ether oxygens (including phenoxy) is 1. The van der Waals surface area contributed by atoms with Crippen molar-refractivity contribution in [3.63, 3.8) is 0 Å². The molecule has 2 saturated heterocycles. The fourth-order valence-electron chi connectivity index (χ4n) is 5.15. The summed E-state index contributed by atoms with van der Waals surface area (Å²) in [5, 5.41) is 0. The third-order valence-corrected chi connectivity index (χ3v) is 6.81. The predicted octanol–water partition coefficient (Wildman–Crippen LogP) is 3.56. The van der Waals surface area contributed by atoms with Crippen molar-refractivity contribution >= 4 is 5.91 Å². The van der Waals surface area contributed by atoms with E-state index in [0.717, 1.165) is 69.6 Å². The Hall–Kier alpha value is -1.55. The van der Waals surface area contributed by atoms with Crippen LogP contribution >= 0.6 is 0 Å². The van der Waals surface area contributed by atoms with Gasteiger partial charge in [0.2, 0.25) is 5.91 Å². The van der Waals surface area contributed by atoms with Crippen molar-refractivity contribution in [2.24, 2.45) is 17.8 Å². The molecule has 4 nitrogen and oxygen atoms in total. The lowest BCUT2D eigenvalue weighted by atomic mass is 9.92. The Kier molecular flexibility index (Phi) is 5.49. The van der Waals surface area contributed by atoms with Gasteiger partial charge in [-0.3, -0.25) is 9.69 Å². The minimum Gasteiger partial charge on any atom is -0.497 e. The van der Waals surface area contributed by atoms with E-state index in [1.165, 1.54) is 24.8 Å². The second kappa shape index (κ2) is 7.99. The standard InChI is InChI=1S/C22H32N2O2/c1-26-21-7-5-18(6-8-21)14-23-11-9-17(10-12-23)13-22(25)24-15-19-3-2-4-20(19)16-24/h5-8,17,19-20H,2-4,9-16H2,1H3. The first-order valence-corrected chi connectivity index (χ1v) is 10.3. The number of hydrogen-bond donors (Lipinski definition) is 0.